The quantitative estimate of drug-likeness (QED) is 0.927. The number of halogens is 1. The van der Waals surface area contributed by atoms with Gasteiger partial charge < -0.3 is 14.8 Å². The highest BCUT2D eigenvalue weighted by molar-refractivity contribution is 6.31. The molecule has 1 aromatic heterocycles. The van der Waals surface area contributed by atoms with Crippen molar-refractivity contribution in [3.05, 3.63) is 58.9 Å². The zero-order valence-corrected chi connectivity index (χ0v) is 14.3. The molecule has 2 amide bonds. The summed E-state index contributed by atoms with van der Waals surface area (Å²) in [7, 11) is 1.78. The van der Waals surface area contributed by atoms with Crippen molar-refractivity contribution in [1.82, 2.24) is 14.8 Å². The van der Waals surface area contributed by atoms with Crippen LogP contribution in [-0.4, -0.2) is 40.4 Å². The Hall–Kier alpha value is -2.27. The number of hydrogen-bond donors (Lipinski definition) is 1. The van der Waals surface area contributed by atoms with Crippen molar-refractivity contribution in [2.24, 2.45) is 7.05 Å². The van der Waals surface area contributed by atoms with Crippen molar-refractivity contribution in [2.75, 3.05) is 13.1 Å². The van der Waals surface area contributed by atoms with Crippen LogP contribution < -0.4 is 5.32 Å². The normalized spacial score (nSPS) is 18.2. The predicted octanol–water partition coefficient (Wildman–Crippen LogP) is 2.25. The first-order chi connectivity index (χ1) is 11.6. The maximum atomic E-state index is 13.0. The van der Waals surface area contributed by atoms with Gasteiger partial charge in [0.05, 0.1) is 5.02 Å². The van der Waals surface area contributed by atoms with Crippen molar-refractivity contribution in [1.29, 1.82) is 0 Å². The highest BCUT2D eigenvalue weighted by Gasteiger charge is 2.33. The maximum Gasteiger partial charge on any atom is 0.271 e. The van der Waals surface area contributed by atoms with E-state index in [1.807, 2.05) is 30.3 Å². The Bertz CT molecular complexity index is 742. The van der Waals surface area contributed by atoms with Gasteiger partial charge in [0, 0.05) is 32.8 Å². The van der Waals surface area contributed by atoms with Gasteiger partial charge in [-0.2, -0.15) is 0 Å². The van der Waals surface area contributed by atoms with Crippen molar-refractivity contribution in [3.63, 3.8) is 0 Å². The Labute approximate surface area is 146 Å². The Morgan fingerprint density at radius 2 is 2.08 bits per heavy atom. The minimum absolute atomic E-state index is 0.106. The second-order valence-electron chi connectivity index (χ2n) is 6.00. The number of benzene rings is 1. The lowest BCUT2D eigenvalue weighted by Crippen LogP contribution is -2.48. The molecule has 1 atom stereocenters. The summed E-state index contributed by atoms with van der Waals surface area (Å²) in [6.45, 7) is 1.12. The molecule has 3 rings (SSSR count). The van der Waals surface area contributed by atoms with Gasteiger partial charge in [-0.1, -0.05) is 41.9 Å². The first kappa shape index (κ1) is 16.6. The van der Waals surface area contributed by atoms with E-state index in [-0.39, 0.29) is 11.8 Å². The second-order valence-corrected chi connectivity index (χ2v) is 6.44. The van der Waals surface area contributed by atoms with Crippen LogP contribution in [0.2, 0.25) is 5.02 Å². The third-order valence-corrected chi connectivity index (χ3v) is 4.48. The molecule has 1 saturated heterocycles. The molecule has 1 N–H and O–H groups in total. The van der Waals surface area contributed by atoms with Gasteiger partial charge in [0.1, 0.15) is 11.7 Å². The van der Waals surface area contributed by atoms with E-state index < -0.39 is 6.04 Å². The zero-order valence-electron chi connectivity index (χ0n) is 13.5. The lowest BCUT2D eigenvalue weighted by molar-refractivity contribution is -0.124. The zero-order chi connectivity index (χ0) is 17.1. The number of hydrogen-bond acceptors (Lipinski definition) is 2. The van der Waals surface area contributed by atoms with Gasteiger partial charge in [0.15, 0.2) is 0 Å². The monoisotopic (exact) mass is 345 g/mol. The van der Waals surface area contributed by atoms with Crippen LogP contribution in [0.3, 0.4) is 0 Å². The molecule has 1 aliphatic heterocycles. The molecule has 126 valence electrons. The minimum Gasteiger partial charge on any atom is -0.354 e. The summed E-state index contributed by atoms with van der Waals surface area (Å²) in [6, 6.07) is 10.9. The molecule has 1 fully saturated rings. The third-order valence-electron chi connectivity index (χ3n) is 4.28. The SMILES string of the molecule is Cn1cc(Cl)cc1C(=O)N1CCCNC(=O)C1Cc1ccccc1. The molecule has 1 unspecified atom stereocenters. The summed E-state index contributed by atoms with van der Waals surface area (Å²) in [6.07, 6.45) is 2.93. The molecule has 24 heavy (non-hydrogen) atoms. The fraction of sp³-hybridized carbons (Fsp3) is 0.333. The molecule has 5 nitrogen and oxygen atoms in total. The number of aryl methyl sites for hydroxylation is 1. The third kappa shape index (κ3) is 3.46. The van der Waals surface area contributed by atoms with Gasteiger partial charge in [0.2, 0.25) is 5.91 Å². The molecule has 1 aromatic carbocycles. The van der Waals surface area contributed by atoms with Gasteiger partial charge in [-0.25, -0.2) is 0 Å². The van der Waals surface area contributed by atoms with Gasteiger partial charge in [-0.05, 0) is 18.1 Å². The molecular formula is C18H20ClN3O2. The number of rotatable bonds is 3. The molecule has 0 aliphatic carbocycles. The Morgan fingerprint density at radius 3 is 2.75 bits per heavy atom. The molecule has 0 radical (unpaired) electrons. The fourth-order valence-electron chi connectivity index (χ4n) is 3.04. The molecule has 0 bridgehead atoms. The topological polar surface area (TPSA) is 54.3 Å². The van der Waals surface area contributed by atoms with Crippen molar-refractivity contribution in [2.45, 2.75) is 18.9 Å². The summed E-state index contributed by atoms with van der Waals surface area (Å²) >= 11 is 6.00. The highest BCUT2D eigenvalue weighted by atomic mass is 35.5. The Balaban J connectivity index is 1.90. The van der Waals surface area contributed by atoms with Crippen LogP contribution >= 0.6 is 11.6 Å². The second kappa shape index (κ2) is 7.09. The number of carbonyl (C=O) groups is 2. The van der Waals surface area contributed by atoms with Crippen LogP contribution in [-0.2, 0) is 18.3 Å². The van der Waals surface area contributed by atoms with E-state index in [2.05, 4.69) is 5.32 Å². The molecule has 2 heterocycles. The first-order valence-corrected chi connectivity index (χ1v) is 8.38. The van der Waals surface area contributed by atoms with Crippen LogP contribution in [0.1, 0.15) is 22.5 Å². The van der Waals surface area contributed by atoms with Crippen LogP contribution in [0.15, 0.2) is 42.6 Å². The average Bonchev–Trinajstić information content (AvgIpc) is 2.81. The molecule has 0 spiro atoms. The molecular weight excluding hydrogens is 326 g/mol. The fourth-order valence-corrected chi connectivity index (χ4v) is 3.29. The van der Waals surface area contributed by atoms with E-state index in [1.165, 1.54) is 0 Å². The standard InChI is InChI=1S/C18H20ClN3O2/c1-21-12-14(19)11-16(21)18(24)22-9-5-8-20-17(23)15(22)10-13-6-3-2-4-7-13/h2-4,6-7,11-12,15H,5,8-10H2,1H3,(H,20,23). The van der Waals surface area contributed by atoms with Crippen LogP contribution in [0.4, 0.5) is 0 Å². The summed E-state index contributed by atoms with van der Waals surface area (Å²) in [5.74, 6) is -0.271. The smallest absolute Gasteiger partial charge is 0.271 e. The van der Waals surface area contributed by atoms with Crippen molar-refractivity contribution in [3.8, 4) is 0 Å². The van der Waals surface area contributed by atoms with Gasteiger partial charge >= 0.3 is 0 Å². The van der Waals surface area contributed by atoms with E-state index in [9.17, 15) is 9.59 Å². The highest BCUT2D eigenvalue weighted by Crippen LogP contribution is 2.19. The Morgan fingerprint density at radius 1 is 1.33 bits per heavy atom. The molecule has 0 saturated carbocycles. The summed E-state index contributed by atoms with van der Waals surface area (Å²) in [5.41, 5.74) is 1.52. The van der Waals surface area contributed by atoms with Gasteiger partial charge in [-0.15, -0.1) is 0 Å². The number of nitrogens with one attached hydrogen (secondary N) is 1. The van der Waals surface area contributed by atoms with E-state index >= 15 is 0 Å². The summed E-state index contributed by atoms with van der Waals surface area (Å²) < 4.78 is 1.70. The van der Waals surface area contributed by atoms with Gasteiger partial charge in [0.25, 0.3) is 5.91 Å². The van der Waals surface area contributed by atoms with E-state index in [1.54, 1.807) is 28.8 Å². The number of aromatic nitrogens is 1. The van der Waals surface area contributed by atoms with E-state index in [0.29, 0.717) is 30.2 Å². The van der Waals surface area contributed by atoms with E-state index in [0.717, 1.165) is 12.0 Å². The molecule has 6 heteroatoms. The molecule has 1 aliphatic rings. The van der Waals surface area contributed by atoms with Crippen LogP contribution in [0.25, 0.3) is 0 Å². The number of carbonyl (C=O) groups excluding carboxylic acids is 2. The van der Waals surface area contributed by atoms with Crippen LogP contribution in [0, 0.1) is 0 Å². The molecule has 2 aromatic rings. The lowest BCUT2D eigenvalue weighted by Gasteiger charge is -2.28. The van der Waals surface area contributed by atoms with Crippen molar-refractivity contribution < 1.29 is 9.59 Å². The van der Waals surface area contributed by atoms with Crippen molar-refractivity contribution >= 4 is 23.4 Å². The summed E-state index contributed by atoms with van der Waals surface area (Å²) in [4.78, 5) is 27.2. The minimum atomic E-state index is -0.518. The Kier molecular flexibility index (Phi) is 4.90. The largest absolute Gasteiger partial charge is 0.354 e. The predicted molar refractivity (Wildman–Crippen MR) is 93.0 cm³/mol. The van der Waals surface area contributed by atoms with E-state index in [4.69, 9.17) is 11.6 Å². The maximum absolute atomic E-state index is 13.0. The summed E-state index contributed by atoms with van der Waals surface area (Å²) in [5, 5.41) is 3.42. The number of amides is 2. The van der Waals surface area contributed by atoms with Crippen LogP contribution in [0.5, 0.6) is 0 Å². The lowest BCUT2D eigenvalue weighted by atomic mass is 10.0. The number of nitrogens with zero attached hydrogens (tertiary/aromatic N) is 2. The first-order valence-electron chi connectivity index (χ1n) is 8.01. The average molecular weight is 346 g/mol. The van der Waals surface area contributed by atoms with Gasteiger partial charge in [-0.3, -0.25) is 9.59 Å².